The number of urea groups is 1. The van der Waals surface area contributed by atoms with Gasteiger partial charge in [-0.25, -0.2) is 4.79 Å². The summed E-state index contributed by atoms with van der Waals surface area (Å²) in [7, 11) is 3.11. The molecule has 1 heterocycles. The normalized spacial score (nSPS) is 14.6. The van der Waals surface area contributed by atoms with Crippen LogP contribution in [0.3, 0.4) is 0 Å². The van der Waals surface area contributed by atoms with Crippen LogP contribution in [0.4, 0.5) is 10.5 Å². The smallest absolute Gasteiger partial charge is 0.321 e. The van der Waals surface area contributed by atoms with Gasteiger partial charge in [-0.2, -0.15) is 0 Å². The maximum atomic E-state index is 13.1. The van der Waals surface area contributed by atoms with Crippen LogP contribution in [0.5, 0.6) is 11.5 Å². The van der Waals surface area contributed by atoms with E-state index in [0.717, 1.165) is 5.56 Å². The molecule has 188 valence electrons. The number of ether oxygens (including phenoxy) is 2. The molecule has 9 nitrogen and oxygen atoms in total. The number of amides is 4. The largest absolute Gasteiger partial charge is 0.497 e. The van der Waals surface area contributed by atoms with Crippen LogP contribution in [0.2, 0.25) is 5.02 Å². The summed E-state index contributed by atoms with van der Waals surface area (Å²) in [6, 6.07) is 11.2. The lowest BCUT2D eigenvalue weighted by Gasteiger charge is -2.33. The third-order valence-corrected chi connectivity index (χ3v) is 6.09. The zero-order valence-corrected chi connectivity index (χ0v) is 20.9. The molecule has 4 amide bonds. The maximum absolute atomic E-state index is 13.1. The highest BCUT2D eigenvalue weighted by molar-refractivity contribution is 6.30. The van der Waals surface area contributed by atoms with E-state index >= 15 is 0 Å². The van der Waals surface area contributed by atoms with Gasteiger partial charge in [-0.05, 0) is 48.7 Å². The van der Waals surface area contributed by atoms with E-state index in [0.29, 0.717) is 48.1 Å². The minimum atomic E-state index is -0.763. The Bertz CT molecular complexity index is 1040. The van der Waals surface area contributed by atoms with E-state index in [2.05, 4.69) is 16.0 Å². The number of halogens is 1. The molecule has 1 aliphatic rings. The van der Waals surface area contributed by atoms with Gasteiger partial charge in [0.15, 0.2) is 0 Å². The highest BCUT2D eigenvalue weighted by Gasteiger charge is 2.28. The van der Waals surface area contributed by atoms with Crippen molar-refractivity contribution < 1.29 is 23.9 Å². The van der Waals surface area contributed by atoms with Gasteiger partial charge in [0.05, 0.1) is 14.2 Å². The number of hydrogen-bond donors (Lipinski definition) is 3. The lowest BCUT2D eigenvalue weighted by molar-refractivity contribution is -0.128. The predicted octanol–water partition coefficient (Wildman–Crippen LogP) is 3.22. The van der Waals surface area contributed by atoms with Gasteiger partial charge in [0, 0.05) is 49.3 Å². The van der Waals surface area contributed by atoms with Gasteiger partial charge in [-0.1, -0.05) is 17.7 Å². The molecule has 0 spiro atoms. The fourth-order valence-corrected chi connectivity index (χ4v) is 4.09. The highest BCUT2D eigenvalue weighted by atomic mass is 35.5. The number of nitrogens with zero attached hydrogens (tertiary/aromatic N) is 1. The topological polar surface area (TPSA) is 109 Å². The molecule has 1 fully saturated rings. The SMILES string of the molecule is COc1ccc(C[C@@H](NC(C)=O)C(=O)NC2CCN(C(=O)Nc3ccc(Cl)cc3)CC2)c(OC)c1. The summed E-state index contributed by atoms with van der Waals surface area (Å²) >= 11 is 5.89. The third kappa shape index (κ3) is 7.51. The van der Waals surface area contributed by atoms with E-state index in [1.165, 1.54) is 6.92 Å². The minimum Gasteiger partial charge on any atom is -0.497 e. The zero-order valence-electron chi connectivity index (χ0n) is 20.1. The first-order chi connectivity index (χ1) is 16.8. The Hall–Kier alpha value is -3.46. The van der Waals surface area contributed by atoms with Crippen molar-refractivity contribution in [1.82, 2.24) is 15.5 Å². The monoisotopic (exact) mass is 502 g/mol. The Morgan fingerprint density at radius 2 is 1.74 bits per heavy atom. The van der Waals surface area contributed by atoms with Crippen LogP contribution in [0.25, 0.3) is 0 Å². The van der Waals surface area contributed by atoms with Crippen LogP contribution in [0.15, 0.2) is 42.5 Å². The van der Waals surface area contributed by atoms with Gasteiger partial charge in [-0.3, -0.25) is 9.59 Å². The lowest BCUT2D eigenvalue weighted by Crippen LogP contribution is -2.53. The van der Waals surface area contributed by atoms with E-state index in [1.807, 2.05) is 6.07 Å². The van der Waals surface area contributed by atoms with Gasteiger partial charge in [-0.15, -0.1) is 0 Å². The van der Waals surface area contributed by atoms with E-state index in [1.54, 1.807) is 55.5 Å². The van der Waals surface area contributed by atoms with Crippen molar-refractivity contribution in [2.45, 2.75) is 38.3 Å². The second-order valence-electron chi connectivity index (χ2n) is 8.34. The number of hydrogen-bond acceptors (Lipinski definition) is 5. The summed E-state index contributed by atoms with van der Waals surface area (Å²) in [6.45, 7) is 2.38. The molecule has 0 saturated carbocycles. The number of likely N-dealkylation sites (tertiary alicyclic amines) is 1. The average molecular weight is 503 g/mol. The van der Waals surface area contributed by atoms with Crippen molar-refractivity contribution in [3.05, 3.63) is 53.1 Å². The second kappa shape index (κ2) is 12.3. The highest BCUT2D eigenvalue weighted by Crippen LogP contribution is 2.26. The molecule has 2 aromatic rings. The molecule has 35 heavy (non-hydrogen) atoms. The van der Waals surface area contributed by atoms with Crippen LogP contribution >= 0.6 is 11.6 Å². The summed E-state index contributed by atoms with van der Waals surface area (Å²) in [5.41, 5.74) is 1.44. The molecule has 0 radical (unpaired) electrons. The lowest BCUT2D eigenvalue weighted by atomic mass is 10.0. The molecule has 0 bridgehead atoms. The Balaban J connectivity index is 1.56. The number of carbonyl (C=O) groups excluding carboxylic acids is 3. The van der Waals surface area contributed by atoms with Crippen LogP contribution in [-0.2, 0) is 16.0 Å². The first-order valence-electron chi connectivity index (χ1n) is 11.4. The van der Waals surface area contributed by atoms with Crippen LogP contribution in [-0.4, -0.2) is 62.1 Å². The van der Waals surface area contributed by atoms with Gasteiger partial charge in [0.2, 0.25) is 11.8 Å². The Labute approximate surface area is 210 Å². The molecule has 2 aromatic carbocycles. The van der Waals surface area contributed by atoms with Crippen molar-refractivity contribution >= 4 is 35.1 Å². The molecule has 10 heteroatoms. The van der Waals surface area contributed by atoms with Gasteiger partial charge < -0.3 is 30.3 Å². The van der Waals surface area contributed by atoms with Crippen molar-refractivity contribution in [2.75, 3.05) is 32.6 Å². The number of carbonyl (C=O) groups is 3. The molecule has 0 unspecified atom stereocenters. The second-order valence-corrected chi connectivity index (χ2v) is 8.78. The average Bonchev–Trinajstić information content (AvgIpc) is 2.85. The summed E-state index contributed by atoms with van der Waals surface area (Å²) < 4.78 is 10.7. The fraction of sp³-hybridized carbons (Fsp3) is 0.400. The number of methoxy groups -OCH3 is 2. The van der Waals surface area contributed by atoms with Gasteiger partial charge >= 0.3 is 6.03 Å². The Morgan fingerprint density at radius 3 is 2.34 bits per heavy atom. The number of benzene rings is 2. The van der Waals surface area contributed by atoms with Crippen molar-refractivity contribution in [2.24, 2.45) is 0 Å². The number of rotatable bonds is 8. The summed E-state index contributed by atoms with van der Waals surface area (Å²) in [4.78, 5) is 39.1. The Kier molecular flexibility index (Phi) is 9.19. The molecule has 1 aliphatic heterocycles. The molecule has 1 saturated heterocycles. The minimum absolute atomic E-state index is 0.101. The standard InChI is InChI=1S/C25H31ClN4O5/c1-16(31)27-22(14-17-4-9-21(34-2)15-23(17)35-3)24(32)28-20-10-12-30(13-11-20)25(33)29-19-7-5-18(26)6-8-19/h4-9,15,20,22H,10-14H2,1-3H3,(H,27,31)(H,28,32)(H,29,33)/t22-/m1/s1. The molecular weight excluding hydrogens is 472 g/mol. The third-order valence-electron chi connectivity index (χ3n) is 5.84. The zero-order chi connectivity index (χ0) is 25.4. The first-order valence-corrected chi connectivity index (χ1v) is 11.8. The summed E-state index contributed by atoms with van der Waals surface area (Å²) in [6.07, 6.45) is 1.48. The fourth-order valence-electron chi connectivity index (χ4n) is 3.96. The molecular formula is C25H31ClN4O5. The summed E-state index contributed by atoms with van der Waals surface area (Å²) in [5.74, 6) is 0.638. The molecule has 3 rings (SSSR count). The quantitative estimate of drug-likeness (QED) is 0.513. The molecule has 0 aromatic heterocycles. The van der Waals surface area contributed by atoms with E-state index in [9.17, 15) is 14.4 Å². The van der Waals surface area contributed by atoms with Crippen LogP contribution < -0.4 is 25.4 Å². The van der Waals surface area contributed by atoms with E-state index in [-0.39, 0.29) is 30.3 Å². The molecule has 1 atom stereocenters. The van der Waals surface area contributed by atoms with Crippen molar-refractivity contribution in [3.8, 4) is 11.5 Å². The van der Waals surface area contributed by atoms with Gasteiger partial charge in [0.1, 0.15) is 17.5 Å². The number of piperidine rings is 1. The number of nitrogens with one attached hydrogen (secondary N) is 3. The van der Waals surface area contributed by atoms with E-state index < -0.39 is 6.04 Å². The van der Waals surface area contributed by atoms with Crippen molar-refractivity contribution in [3.63, 3.8) is 0 Å². The van der Waals surface area contributed by atoms with Gasteiger partial charge in [0.25, 0.3) is 0 Å². The van der Waals surface area contributed by atoms with E-state index in [4.69, 9.17) is 21.1 Å². The van der Waals surface area contributed by atoms with Crippen LogP contribution in [0, 0.1) is 0 Å². The van der Waals surface area contributed by atoms with Crippen molar-refractivity contribution in [1.29, 1.82) is 0 Å². The summed E-state index contributed by atoms with van der Waals surface area (Å²) in [5, 5.41) is 9.21. The number of anilines is 1. The maximum Gasteiger partial charge on any atom is 0.321 e. The predicted molar refractivity (Wildman–Crippen MR) is 134 cm³/mol. The molecule has 3 N–H and O–H groups in total. The first kappa shape index (κ1) is 26.2. The van der Waals surface area contributed by atoms with Crippen LogP contribution in [0.1, 0.15) is 25.3 Å². The Morgan fingerprint density at radius 1 is 1.06 bits per heavy atom. The molecule has 0 aliphatic carbocycles.